The summed E-state index contributed by atoms with van der Waals surface area (Å²) in [5.74, 6) is 2.12. The first kappa shape index (κ1) is 14.7. The maximum Gasteiger partial charge on any atom is 0.332 e. The van der Waals surface area contributed by atoms with Crippen LogP contribution in [0, 0.1) is 18.3 Å². The molecule has 2 aliphatic rings. The molecule has 0 bridgehead atoms. The predicted octanol–water partition coefficient (Wildman–Crippen LogP) is 0.673. The van der Waals surface area contributed by atoms with Crippen molar-refractivity contribution in [1.29, 1.82) is 0 Å². The fourth-order valence-electron chi connectivity index (χ4n) is 2.29. The van der Waals surface area contributed by atoms with Crippen LogP contribution >= 0.6 is 0 Å². The number of carboxylic acid groups (broad SMARTS) is 1. The van der Waals surface area contributed by atoms with Crippen molar-refractivity contribution in [3.8, 4) is 12.3 Å². The van der Waals surface area contributed by atoms with E-state index < -0.39 is 12.1 Å². The third-order valence-corrected chi connectivity index (χ3v) is 3.61. The number of ether oxygens (including phenoxy) is 1. The Bertz CT molecular complexity index is 414. The highest BCUT2D eigenvalue weighted by atomic mass is 16.5. The first-order chi connectivity index (χ1) is 9.60. The molecular formula is C14H20N2O4. The lowest BCUT2D eigenvalue weighted by molar-refractivity contribution is -0.149. The normalized spacial score (nSPS) is 24.9. The van der Waals surface area contributed by atoms with Crippen molar-refractivity contribution in [2.45, 2.75) is 37.9 Å². The van der Waals surface area contributed by atoms with Crippen LogP contribution < -0.4 is 5.32 Å². The molecule has 1 saturated heterocycles. The van der Waals surface area contributed by atoms with Gasteiger partial charge in [0.15, 0.2) is 6.10 Å². The zero-order valence-electron chi connectivity index (χ0n) is 11.4. The molecule has 2 N–H and O–H groups in total. The molecule has 20 heavy (non-hydrogen) atoms. The van der Waals surface area contributed by atoms with Gasteiger partial charge < -0.3 is 20.1 Å². The van der Waals surface area contributed by atoms with E-state index >= 15 is 0 Å². The third-order valence-electron chi connectivity index (χ3n) is 3.61. The number of urea groups is 1. The number of nitrogens with zero attached hydrogens (tertiary/aromatic N) is 1. The lowest BCUT2D eigenvalue weighted by Gasteiger charge is -2.21. The van der Waals surface area contributed by atoms with Crippen LogP contribution in [0.4, 0.5) is 4.79 Å². The van der Waals surface area contributed by atoms with Crippen LogP contribution in [-0.4, -0.2) is 53.8 Å². The zero-order valence-corrected chi connectivity index (χ0v) is 11.4. The molecule has 0 radical (unpaired) electrons. The number of hydrogen-bond donors (Lipinski definition) is 2. The average molecular weight is 280 g/mol. The number of carbonyl (C=O) groups excluding carboxylic acids is 1. The fraction of sp³-hybridized carbons (Fsp3) is 0.714. The molecule has 1 aliphatic heterocycles. The van der Waals surface area contributed by atoms with Crippen LogP contribution in [0.25, 0.3) is 0 Å². The number of amides is 2. The van der Waals surface area contributed by atoms with E-state index in [1.165, 1.54) is 0 Å². The second kappa shape index (κ2) is 6.62. The molecule has 0 spiro atoms. The quantitative estimate of drug-likeness (QED) is 0.701. The van der Waals surface area contributed by atoms with Gasteiger partial charge in [-0.3, -0.25) is 0 Å². The van der Waals surface area contributed by atoms with Gasteiger partial charge >= 0.3 is 12.0 Å². The van der Waals surface area contributed by atoms with Gasteiger partial charge in [0, 0.05) is 13.1 Å². The van der Waals surface area contributed by atoms with Crippen LogP contribution in [0.1, 0.15) is 25.7 Å². The number of nitrogens with one attached hydrogen (secondary N) is 1. The Morgan fingerprint density at radius 2 is 2.10 bits per heavy atom. The number of terminal acetylenes is 1. The van der Waals surface area contributed by atoms with Crippen molar-refractivity contribution in [2.75, 3.05) is 19.6 Å². The van der Waals surface area contributed by atoms with E-state index in [4.69, 9.17) is 16.3 Å². The Labute approximate surface area is 118 Å². The molecule has 2 rings (SSSR count). The predicted molar refractivity (Wildman–Crippen MR) is 72.1 cm³/mol. The van der Waals surface area contributed by atoms with Crippen LogP contribution in [0.3, 0.4) is 0 Å². The van der Waals surface area contributed by atoms with Crippen molar-refractivity contribution in [3.63, 3.8) is 0 Å². The van der Waals surface area contributed by atoms with E-state index in [1.54, 1.807) is 4.90 Å². The summed E-state index contributed by atoms with van der Waals surface area (Å²) < 4.78 is 5.33. The lowest BCUT2D eigenvalue weighted by Crippen LogP contribution is -2.44. The summed E-state index contributed by atoms with van der Waals surface area (Å²) in [6, 6.07) is -0.197. The van der Waals surface area contributed by atoms with Crippen LogP contribution in [0.5, 0.6) is 0 Å². The fourth-order valence-corrected chi connectivity index (χ4v) is 2.29. The highest BCUT2D eigenvalue weighted by Crippen LogP contribution is 2.29. The van der Waals surface area contributed by atoms with Crippen molar-refractivity contribution >= 4 is 12.0 Å². The highest BCUT2D eigenvalue weighted by molar-refractivity contribution is 5.74. The second-order valence-corrected chi connectivity index (χ2v) is 5.38. The molecular weight excluding hydrogens is 260 g/mol. The van der Waals surface area contributed by atoms with E-state index in [2.05, 4.69) is 11.2 Å². The van der Waals surface area contributed by atoms with E-state index in [-0.39, 0.29) is 12.1 Å². The summed E-state index contributed by atoms with van der Waals surface area (Å²) in [7, 11) is 0. The Balaban J connectivity index is 1.73. The molecule has 110 valence electrons. The number of rotatable bonds is 6. The van der Waals surface area contributed by atoms with E-state index in [0.717, 1.165) is 12.8 Å². The van der Waals surface area contributed by atoms with Gasteiger partial charge in [-0.05, 0) is 31.6 Å². The Morgan fingerprint density at radius 1 is 1.35 bits per heavy atom. The van der Waals surface area contributed by atoms with Crippen LogP contribution in [0.15, 0.2) is 0 Å². The number of aliphatic carboxylic acids is 1. The minimum atomic E-state index is -0.943. The monoisotopic (exact) mass is 280 g/mol. The SMILES string of the molecule is C#CCN(CC1CC1)C(=O)NCC1CCC(C(=O)O)O1. The largest absolute Gasteiger partial charge is 0.479 e. The molecule has 1 heterocycles. The topological polar surface area (TPSA) is 78.9 Å². The molecule has 0 aromatic rings. The third kappa shape index (κ3) is 4.14. The minimum absolute atomic E-state index is 0.197. The van der Waals surface area contributed by atoms with Crippen molar-refractivity contribution in [3.05, 3.63) is 0 Å². The van der Waals surface area contributed by atoms with Crippen molar-refractivity contribution < 1.29 is 19.4 Å². The first-order valence-corrected chi connectivity index (χ1v) is 6.94. The Hall–Kier alpha value is -1.74. The molecule has 2 fully saturated rings. The summed E-state index contributed by atoms with van der Waals surface area (Å²) >= 11 is 0. The summed E-state index contributed by atoms with van der Waals surface area (Å²) in [6.45, 7) is 1.32. The molecule has 2 unspecified atom stereocenters. The van der Waals surface area contributed by atoms with Crippen LogP contribution in [-0.2, 0) is 9.53 Å². The number of carboxylic acids is 1. The molecule has 0 aromatic heterocycles. The molecule has 2 amide bonds. The Morgan fingerprint density at radius 3 is 2.65 bits per heavy atom. The summed E-state index contributed by atoms with van der Waals surface area (Å²) in [4.78, 5) is 24.4. The molecule has 1 aliphatic carbocycles. The van der Waals surface area contributed by atoms with Gasteiger partial charge in [0.05, 0.1) is 12.6 Å². The average Bonchev–Trinajstić information content (AvgIpc) is 3.10. The zero-order chi connectivity index (χ0) is 14.5. The van der Waals surface area contributed by atoms with Gasteiger partial charge in [-0.15, -0.1) is 6.42 Å². The molecule has 1 saturated carbocycles. The van der Waals surface area contributed by atoms with E-state index in [1.807, 2.05) is 0 Å². The van der Waals surface area contributed by atoms with E-state index in [9.17, 15) is 9.59 Å². The van der Waals surface area contributed by atoms with Gasteiger partial charge in [0.1, 0.15) is 0 Å². The molecule has 6 nitrogen and oxygen atoms in total. The summed E-state index contributed by atoms with van der Waals surface area (Å²) in [5.41, 5.74) is 0. The van der Waals surface area contributed by atoms with Gasteiger partial charge in [0.2, 0.25) is 0 Å². The standard InChI is InChI=1S/C14H20N2O4/c1-2-7-16(9-10-3-4-10)14(19)15-8-11-5-6-12(20-11)13(17)18/h1,10-12H,3-9H2,(H,15,19)(H,17,18). The van der Waals surface area contributed by atoms with E-state index in [0.29, 0.717) is 38.4 Å². The highest BCUT2D eigenvalue weighted by Gasteiger charge is 2.31. The maximum atomic E-state index is 12.0. The maximum absolute atomic E-state index is 12.0. The summed E-state index contributed by atoms with van der Waals surface area (Å²) in [6.07, 6.45) is 7.74. The molecule has 2 atom stereocenters. The second-order valence-electron chi connectivity index (χ2n) is 5.38. The Kier molecular flexibility index (Phi) is 4.85. The lowest BCUT2D eigenvalue weighted by atomic mass is 10.2. The smallest absolute Gasteiger partial charge is 0.332 e. The van der Waals surface area contributed by atoms with Crippen molar-refractivity contribution in [1.82, 2.24) is 10.2 Å². The van der Waals surface area contributed by atoms with Crippen LogP contribution in [0.2, 0.25) is 0 Å². The van der Waals surface area contributed by atoms with Gasteiger partial charge in [-0.1, -0.05) is 5.92 Å². The molecule has 6 heteroatoms. The molecule has 0 aromatic carbocycles. The number of hydrogen-bond acceptors (Lipinski definition) is 3. The number of carbonyl (C=O) groups is 2. The van der Waals surface area contributed by atoms with Gasteiger partial charge in [0.25, 0.3) is 0 Å². The van der Waals surface area contributed by atoms with Gasteiger partial charge in [-0.25, -0.2) is 9.59 Å². The van der Waals surface area contributed by atoms with Gasteiger partial charge in [-0.2, -0.15) is 0 Å². The minimum Gasteiger partial charge on any atom is -0.479 e. The summed E-state index contributed by atoms with van der Waals surface area (Å²) in [5, 5.41) is 11.6. The van der Waals surface area contributed by atoms with Crippen molar-refractivity contribution in [2.24, 2.45) is 5.92 Å². The first-order valence-electron chi connectivity index (χ1n) is 6.94.